The Hall–Kier alpha value is -0.410. The van der Waals surface area contributed by atoms with Gasteiger partial charge in [0, 0.05) is 10.3 Å². The highest BCUT2D eigenvalue weighted by atomic mass is 79.9. The van der Waals surface area contributed by atoms with Gasteiger partial charge in [0.25, 0.3) is 0 Å². The zero-order chi connectivity index (χ0) is 8.97. The first-order valence-corrected chi connectivity index (χ1v) is 5.61. The summed E-state index contributed by atoms with van der Waals surface area (Å²) in [5, 5.41) is 1.60. The minimum absolute atomic E-state index is 0.830. The monoisotopic (exact) mass is 244 g/mol. The van der Waals surface area contributed by atoms with Gasteiger partial charge in [0.05, 0.1) is 10.8 Å². The summed E-state index contributed by atoms with van der Waals surface area (Å²) in [6.45, 7) is 2.01. The minimum Gasteiger partial charge on any atom is -0.250 e. The average Bonchev–Trinajstić information content (AvgIpc) is 2.06. The molecule has 0 saturated heterocycles. The van der Waals surface area contributed by atoms with Crippen LogP contribution in [0.2, 0.25) is 0 Å². The van der Waals surface area contributed by atoms with Crippen molar-refractivity contribution in [2.75, 3.05) is 0 Å². The van der Waals surface area contributed by atoms with E-state index in [0.29, 0.717) is 0 Å². The van der Waals surface area contributed by atoms with Crippen LogP contribution in [-0.4, -0.2) is 4.21 Å². The maximum atomic E-state index is 11.4. The smallest absolute Gasteiger partial charge is 0.0781 e. The average molecular weight is 245 g/mol. The fraction of sp³-hybridized carbons (Fsp3) is 0.111. The van der Waals surface area contributed by atoms with Crippen LogP contribution in [-0.2, 0) is 10.8 Å². The van der Waals surface area contributed by atoms with Gasteiger partial charge in [-0.05, 0) is 24.0 Å². The van der Waals surface area contributed by atoms with Crippen LogP contribution in [0.25, 0.3) is 0 Å². The van der Waals surface area contributed by atoms with E-state index in [1.165, 1.54) is 5.56 Å². The van der Waals surface area contributed by atoms with Gasteiger partial charge in [-0.1, -0.05) is 33.6 Å². The Morgan fingerprint density at radius 1 is 1.33 bits per heavy atom. The van der Waals surface area contributed by atoms with Crippen LogP contribution in [0, 0.1) is 6.92 Å². The molecule has 64 valence electrons. The van der Waals surface area contributed by atoms with E-state index in [1.807, 2.05) is 31.2 Å². The maximum Gasteiger partial charge on any atom is 0.0781 e. The number of aryl methyl sites for hydroxylation is 1. The van der Waals surface area contributed by atoms with Crippen LogP contribution in [0.5, 0.6) is 0 Å². The molecule has 3 heteroatoms. The largest absolute Gasteiger partial charge is 0.250 e. The van der Waals surface area contributed by atoms with Gasteiger partial charge in [-0.2, -0.15) is 0 Å². The fourth-order valence-electron chi connectivity index (χ4n) is 0.798. The molecule has 0 amide bonds. The molecule has 1 aromatic carbocycles. The van der Waals surface area contributed by atoms with Gasteiger partial charge in [-0.25, -0.2) is 4.21 Å². The predicted molar refractivity (Wildman–Crippen MR) is 55.7 cm³/mol. The van der Waals surface area contributed by atoms with E-state index < -0.39 is 10.8 Å². The molecule has 0 radical (unpaired) electrons. The van der Waals surface area contributed by atoms with E-state index in [0.717, 1.165) is 4.90 Å². The summed E-state index contributed by atoms with van der Waals surface area (Å²) in [6, 6.07) is 7.65. The van der Waals surface area contributed by atoms with E-state index in [9.17, 15) is 4.21 Å². The second-order valence-corrected chi connectivity index (χ2v) is 4.24. The van der Waals surface area contributed by atoms with E-state index in [1.54, 1.807) is 10.4 Å². The molecule has 1 rings (SSSR count). The molecule has 1 atom stereocenters. The number of hydrogen-bond donors (Lipinski definition) is 0. The van der Waals surface area contributed by atoms with Gasteiger partial charge in [-0.3, -0.25) is 0 Å². The lowest BCUT2D eigenvalue weighted by Gasteiger charge is -1.96. The summed E-state index contributed by atoms with van der Waals surface area (Å²) < 4.78 is 11.4. The Kier molecular flexibility index (Phi) is 3.69. The van der Waals surface area contributed by atoms with E-state index in [4.69, 9.17) is 0 Å². The first kappa shape index (κ1) is 9.68. The minimum atomic E-state index is -1.02. The van der Waals surface area contributed by atoms with Crippen molar-refractivity contribution in [2.45, 2.75) is 11.8 Å². The standard InChI is InChI=1S/C9H9BrOS/c1-8-2-4-9(5-3-8)12(11)7-6-10/h2-7H,1H3/b7-6-/t12-/m1/s1. The van der Waals surface area contributed by atoms with Crippen molar-refractivity contribution in [3.05, 3.63) is 40.2 Å². The molecular weight excluding hydrogens is 236 g/mol. The summed E-state index contributed by atoms with van der Waals surface area (Å²) in [7, 11) is -1.02. The molecule has 0 spiro atoms. The number of rotatable bonds is 2. The second kappa shape index (κ2) is 4.58. The maximum absolute atomic E-state index is 11.4. The Morgan fingerprint density at radius 2 is 1.92 bits per heavy atom. The Balaban J connectivity index is 2.90. The zero-order valence-corrected chi connectivity index (χ0v) is 9.06. The van der Waals surface area contributed by atoms with Gasteiger partial charge in [0.2, 0.25) is 0 Å². The SMILES string of the molecule is Cc1ccc([S@](=O)/C=C\Br)cc1. The third kappa shape index (κ3) is 2.57. The molecule has 0 bridgehead atoms. The van der Waals surface area contributed by atoms with Crippen molar-refractivity contribution in [1.29, 1.82) is 0 Å². The molecule has 0 saturated carbocycles. The summed E-state index contributed by atoms with van der Waals surface area (Å²) >= 11 is 3.09. The van der Waals surface area contributed by atoms with Gasteiger partial charge in [0.15, 0.2) is 0 Å². The molecule has 0 unspecified atom stereocenters. The van der Waals surface area contributed by atoms with Gasteiger partial charge >= 0.3 is 0 Å². The highest BCUT2D eigenvalue weighted by Gasteiger charge is 1.96. The number of hydrogen-bond acceptors (Lipinski definition) is 1. The highest BCUT2D eigenvalue weighted by molar-refractivity contribution is 9.11. The van der Waals surface area contributed by atoms with Crippen LogP contribution in [0.15, 0.2) is 39.6 Å². The molecule has 0 aliphatic rings. The molecule has 0 fully saturated rings. The highest BCUT2D eigenvalue weighted by Crippen LogP contribution is 2.09. The van der Waals surface area contributed by atoms with Gasteiger partial charge in [-0.15, -0.1) is 0 Å². The third-order valence-corrected chi connectivity index (χ3v) is 3.16. The number of benzene rings is 1. The van der Waals surface area contributed by atoms with Crippen molar-refractivity contribution >= 4 is 26.7 Å². The Morgan fingerprint density at radius 3 is 2.42 bits per heavy atom. The molecule has 0 aromatic heterocycles. The van der Waals surface area contributed by atoms with E-state index in [-0.39, 0.29) is 0 Å². The van der Waals surface area contributed by atoms with E-state index >= 15 is 0 Å². The molecule has 12 heavy (non-hydrogen) atoms. The zero-order valence-electron chi connectivity index (χ0n) is 6.66. The molecule has 0 aliphatic carbocycles. The van der Waals surface area contributed by atoms with Crippen LogP contribution < -0.4 is 0 Å². The molecule has 0 N–H and O–H groups in total. The van der Waals surface area contributed by atoms with Crippen LogP contribution in [0.3, 0.4) is 0 Å². The molecule has 0 heterocycles. The third-order valence-electron chi connectivity index (χ3n) is 1.43. The van der Waals surface area contributed by atoms with Crippen molar-refractivity contribution in [3.8, 4) is 0 Å². The first-order valence-electron chi connectivity index (χ1n) is 3.48. The molecular formula is C9H9BrOS. The Labute approximate surface area is 83.1 Å². The van der Waals surface area contributed by atoms with Crippen LogP contribution >= 0.6 is 15.9 Å². The Bertz CT molecular complexity index is 303. The molecule has 0 aliphatic heterocycles. The lowest BCUT2D eigenvalue weighted by atomic mass is 10.2. The van der Waals surface area contributed by atoms with Crippen molar-refractivity contribution in [1.82, 2.24) is 0 Å². The van der Waals surface area contributed by atoms with E-state index in [2.05, 4.69) is 15.9 Å². The topological polar surface area (TPSA) is 17.1 Å². The first-order chi connectivity index (χ1) is 5.74. The second-order valence-electron chi connectivity index (χ2n) is 2.37. The quantitative estimate of drug-likeness (QED) is 0.782. The van der Waals surface area contributed by atoms with Crippen molar-refractivity contribution in [3.63, 3.8) is 0 Å². The van der Waals surface area contributed by atoms with Gasteiger partial charge < -0.3 is 0 Å². The summed E-state index contributed by atoms with van der Waals surface area (Å²) in [5.41, 5.74) is 1.18. The fourth-order valence-corrected chi connectivity index (χ4v) is 2.04. The van der Waals surface area contributed by atoms with Gasteiger partial charge in [0.1, 0.15) is 0 Å². The lowest BCUT2D eigenvalue weighted by Crippen LogP contribution is -1.85. The summed E-state index contributed by atoms with van der Waals surface area (Å²) in [5.74, 6) is 0. The molecule has 1 aromatic rings. The normalized spacial score (nSPS) is 13.5. The lowest BCUT2D eigenvalue weighted by molar-refractivity contribution is 0.688. The van der Waals surface area contributed by atoms with Crippen molar-refractivity contribution in [2.24, 2.45) is 0 Å². The van der Waals surface area contributed by atoms with Crippen molar-refractivity contribution < 1.29 is 4.21 Å². The van der Waals surface area contributed by atoms with Crippen LogP contribution in [0.4, 0.5) is 0 Å². The van der Waals surface area contributed by atoms with Crippen LogP contribution in [0.1, 0.15) is 5.56 Å². The predicted octanol–water partition coefficient (Wildman–Crippen LogP) is 2.97. The summed E-state index contributed by atoms with van der Waals surface area (Å²) in [4.78, 5) is 2.44. The number of halogens is 1. The molecule has 1 nitrogen and oxygen atoms in total. The summed E-state index contributed by atoms with van der Waals surface area (Å²) in [6.07, 6.45) is 0.